The van der Waals surface area contributed by atoms with Crippen molar-refractivity contribution in [2.45, 2.75) is 84.2 Å². The molecule has 2 fully saturated rings. The van der Waals surface area contributed by atoms with Crippen molar-refractivity contribution in [3.8, 4) is 0 Å². The quantitative estimate of drug-likeness (QED) is 0.309. The van der Waals surface area contributed by atoms with E-state index in [1.165, 1.54) is 27.0 Å². The molecular formula is C30H36O9. The zero-order chi connectivity index (χ0) is 28.5. The normalized spacial score (nSPS) is 40.5. The van der Waals surface area contributed by atoms with Crippen LogP contribution in [0.4, 0.5) is 0 Å². The lowest BCUT2D eigenvalue weighted by molar-refractivity contribution is -0.237. The number of hydrogen-bond donors (Lipinski definition) is 0. The van der Waals surface area contributed by atoms with Crippen molar-refractivity contribution in [2.24, 2.45) is 22.7 Å². The molecule has 1 aromatic heterocycles. The molecule has 9 heteroatoms. The number of carbonyl (C=O) groups is 4. The van der Waals surface area contributed by atoms with E-state index in [0.29, 0.717) is 6.42 Å². The van der Waals surface area contributed by atoms with Crippen LogP contribution in [-0.4, -0.2) is 54.7 Å². The molecule has 9 atom stereocenters. The summed E-state index contributed by atoms with van der Waals surface area (Å²) in [6, 6.07) is 1.93. The summed E-state index contributed by atoms with van der Waals surface area (Å²) in [4.78, 5) is 51.8. The van der Waals surface area contributed by atoms with Gasteiger partial charge in [0.1, 0.15) is 17.8 Å². The van der Waals surface area contributed by atoms with Crippen molar-refractivity contribution in [1.82, 2.24) is 0 Å². The van der Waals surface area contributed by atoms with E-state index in [9.17, 15) is 19.2 Å². The van der Waals surface area contributed by atoms with Gasteiger partial charge in [-0.1, -0.05) is 19.4 Å². The summed E-state index contributed by atoms with van der Waals surface area (Å²) < 4.78 is 29.1. The summed E-state index contributed by atoms with van der Waals surface area (Å²) in [6.07, 6.45) is 5.00. The maximum absolute atomic E-state index is 14.0. The summed E-state index contributed by atoms with van der Waals surface area (Å²) in [5.41, 5.74) is -0.304. The second-order valence-electron chi connectivity index (χ2n) is 11.9. The maximum atomic E-state index is 14.0. The van der Waals surface area contributed by atoms with Crippen LogP contribution in [0.3, 0.4) is 0 Å². The zero-order valence-electron chi connectivity index (χ0n) is 23.4. The molecule has 1 saturated carbocycles. The summed E-state index contributed by atoms with van der Waals surface area (Å²) in [6.45, 7) is 10.2. The molecule has 9 nitrogen and oxygen atoms in total. The lowest BCUT2D eigenvalue weighted by Crippen LogP contribution is -2.71. The number of ether oxygens (including phenoxy) is 4. The molecule has 0 aromatic carbocycles. The number of carbonyl (C=O) groups excluding carboxylic acids is 4. The Morgan fingerprint density at radius 1 is 1.10 bits per heavy atom. The van der Waals surface area contributed by atoms with Crippen LogP contribution in [0, 0.1) is 22.7 Å². The molecule has 0 bridgehead atoms. The summed E-state index contributed by atoms with van der Waals surface area (Å²) in [7, 11) is 1.32. The van der Waals surface area contributed by atoms with E-state index in [4.69, 9.17) is 23.4 Å². The van der Waals surface area contributed by atoms with Crippen molar-refractivity contribution in [2.75, 3.05) is 7.11 Å². The third kappa shape index (κ3) is 3.84. The highest BCUT2D eigenvalue weighted by atomic mass is 16.6. The predicted molar refractivity (Wildman–Crippen MR) is 137 cm³/mol. The topological polar surface area (TPSA) is 118 Å². The third-order valence-corrected chi connectivity index (χ3v) is 9.85. The first-order valence-corrected chi connectivity index (χ1v) is 13.3. The van der Waals surface area contributed by atoms with Crippen LogP contribution in [0.25, 0.3) is 0 Å². The van der Waals surface area contributed by atoms with Crippen molar-refractivity contribution in [3.05, 3.63) is 47.5 Å². The number of methoxy groups -OCH3 is 1. The molecule has 2 heterocycles. The Morgan fingerprint density at radius 2 is 1.82 bits per heavy atom. The number of allylic oxidation sites excluding steroid dienone is 2. The largest absolute Gasteiger partial charge is 0.472 e. The van der Waals surface area contributed by atoms with Crippen LogP contribution in [0.2, 0.25) is 0 Å². The van der Waals surface area contributed by atoms with Gasteiger partial charge in [-0.25, -0.2) is 0 Å². The fourth-order valence-electron chi connectivity index (χ4n) is 8.51. The van der Waals surface area contributed by atoms with E-state index in [1.54, 1.807) is 32.4 Å². The zero-order valence-corrected chi connectivity index (χ0v) is 23.4. The SMILES string of the molecule is COC(=O)CC1[C@]2(C)C3=C(C)C(c4ccoc4)CC3OC2C(OC(C)=O)C2[C@]1(C)C(=O)C=C[C@@]2(C)OC(C)=O. The van der Waals surface area contributed by atoms with Crippen molar-refractivity contribution in [3.63, 3.8) is 0 Å². The lowest BCUT2D eigenvalue weighted by atomic mass is 9.42. The molecule has 210 valence electrons. The fraction of sp³-hybridized carbons (Fsp3) is 0.600. The standard InChI is InChI=1S/C30H36O9/c1-15-19(18-9-11-36-14-18)12-20-24(15)30(6)21(13-23(34)35-7)29(5)22(33)8-10-28(4,39-17(3)32)26(29)25(27(30)38-20)37-16(2)31/h8-11,14,19-21,25-27H,12-13H2,1-7H3/t19?,20?,21?,25?,26?,27?,28-,29+,30-/m1/s1. The number of esters is 3. The summed E-state index contributed by atoms with van der Waals surface area (Å²) in [5.74, 6) is -3.14. The van der Waals surface area contributed by atoms with Gasteiger partial charge in [-0.2, -0.15) is 0 Å². The van der Waals surface area contributed by atoms with Crippen LogP contribution < -0.4 is 0 Å². The highest BCUT2D eigenvalue weighted by molar-refractivity contribution is 5.97. The van der Waals surface area contributed by atoms with E-state index in [2.05, 4.69) is 6.92 Å². The van der Waals surface area contributed by atoms with Gasteiger partial charge < -0.3 is 23.4 Å². The molecule has 4 aliphatic rings. The van der Waals surface area contributed by atoms with Gasteiger partial charge in [-0.3, -0.25) is 19.2 Å². The maximum Gasteiger partial charge on any atom is 0.305 e. The number of fused-ring (bicyclic) bond motifs is 4. The number of furan rings is 1. The molecule has 3 aliphatic carbocycles. The van der Waals surface area contributed by atoms with Gasteiger partial charge in [-0.15, -0.1) is 0 Å². The van der Waals surface area contributed by atoms with E-state index in [-0.39, 0.29) is 24.2 Å². The fourth-order valence-corrected chi connectivity index (χ4v) is 8.51. The summed E-state index contributed by atoms with van der Waals surface area (Å²) in [5, 5.41) is 0. The molecule has 0 radical (unpaired) electrons. The second kappa shape index (κ2) is 9.18. The average molecular weight is 541 g/mol. The Bertz CT molecular complexity index is 1280. The Kier molecular flexibility index (Phi) is 6.44. The highest BCUT2D eigenvalue weighted by Crippen LogP contribution is 2.69. The smallest absolute Gasteiger partial charge is 0.305 e. The number of rotatable bonds is 5. The van der Waals surface area contributed by atoms with Gasteiger partial charge in [0.25, 0.3) is 0 Å². The first-order chi connectivity index (χ1) is 18.3. The Balaban J connectivity index is 1.76. The van der Waals surface area contributed by atoms with Gasteiger partial charge in [0.05, 0.1) is 38.1 Å². The van der Waals surface area contributed by atoms with Crippen LogP contribution in [0.1, 0.15) is 65.9 Å². The van der Waals surface area contributed by atoms with Crippen LogP contribution in [0.5, 0.6) is 0 Å². The molecule has 39 heavy (non-hydrogen) atoms. The van der Waals surface area contributed by atoms with Gasteiger partial charge in [0.2, 0.25) is 0 Å². The Morgan fingerprint density at radius 3 is 2.41 bits per heavy atom. The number of ketones is 1. The van der Waals surface area contributed by atoms with E-state index < -0.39 is 58.4 Å². The molecule has 6 unspecified atom stereocenters. The third-order valence-electron chi connectivity index (χ3n) is 9.85. The van der Waals surface area contributed by atoms with E-state index >= 15 is 0 Å². The molecule has 0 N–H and O–H groups in total. The van der Waals surface area contributed by atoms with Crippen molar-refractivity contribution < 1.29 is 42.5 Å². The molecule has 1 aromatic rings. The molecule has 0 spiro atoms. The van der Waals surface area contributed by atoms with Crippen LogP contribution >= 0.6 is 0 Å². The molecule has 1 aliphatic heterocycles. The molecule has 1 saturated heterocycles. The first kappa shape index (κ1) is 27.4. The first-order valence-electron chi connectivity index (χ1n) is 13.3. The Labute approximate surface area is 227 Å². The Hall–Kier alpha value is -3.20. The van der Waals surface area contributed by atoms with Gasteiger partial charge >= 0.3 is 17.9 Å². The minimum Gasteiger partial charge on any atom is -0.472 e. The molecular weight excluding hydrogens is 504 g/mol. The highest BCUT2D eigenvalue weighted by Gasteiger charge is 2.75. The minimum atomic E-state index is -1.30. The van der Waals surface area contributed by atoms with Gasteiger partial charge in [0, 0.05) is 30.6 Å². The molecule has 5 rings (SSSR count). The molecule has 0 amide bonds. The van der Waals surface area contributed by atoms with Gasteiger partial charge in [-0.05, 0) is 55.5 Å². The van der Waals surface area contributed by atoms with Crippen molar-refractivity contribution >= 4 is 23.7 Å². The van der Waals surface area contributed by atoms with Gasteiger partial charge in [0.15, 0.2) is 5.78 Å². The van der Waals surface area contributed by atoms with E-state index in [1.807, 2.05) is 13.0 Å². The summed E-state index contributed by atoms with van der Waals surface area (Å²) >= 11 is 0. The lowest BCUT2D eigenvalue weighted by Gasteiger charge is -2.62. The second-order valence-corrected chi connectivity index (χ2v) is 11.9. The van der Waals surface area contributed by atoms with Crippen molar-refractivity contribution in [1.29, 1.82) is 0 Å². The predicted octanol–water partition coefficient (Wildman–Crippen LogP) is 4.06. The number of hydrogen-bond acceptors (Lipinski definition) is 9. The minimum absolute atomic E-state index is 0.0475. The van der Waals surface area contributed by atoms with E-state index in [0.717, 1.165) is 16.7 Å². The monoisotopic (exact) mass is 540 g/mol. The van der Waals surface area contributed by atoms with Crippen LogP contribution in [0.15, 0.2) is 46.3 Å². The van der Waals surface area contributed by atoms with Crippen LogP contribution in [-0.2, 0) is 38.1 Å². The average Bonchev–Trinajstić information content (AvgIpc) is 3.55.